The molecule has 0 aliphatic heterocycles. The Hall–Kier alpha value is -1.56. The number of hydrazone groups is 1. The van der Waals surface area contributed by atoms with E-state index in [1.165, 1.54) is 0 Å². The third kappa shape index (κ3) is 4.03. The van der Waals surface area contributed by atoms with Crippen molar-refractivity contribution >= 4 is 33.3 Å². The number of benzene rings is 1. The van der Waals surface area contributed by atoms with Gasteiger partial charge in [0.25, 0.3) is 0 Å². The van der Waals surface area contributed by atoms with Crippen molar-refractivity contribution in [2.24, 2.45) is 5.10 Å². The molecule has 0 aliphatic rings. The summed E-state index contributed by atoms with van der Waals surface area (Å²) in [4.78, 5) is 11.3. The molecule has 1 aromatic rings. The summed E-state index contributed by atoms with van der Waals surface area (Å²) in [5, 5.41) is 3.95. The molecule has 0 saturated heterocycles. The van der Waals surface area contributed by atoms with Crippen molar-refractivity contribution in [1.82, 2.24) is 0 Å². The second-order valence-corrected chi connectivity index (χ2v) is 4.23. The minimum Gasteiger partial charge on any atom is -0.497 e. The summed E-state index contributed by atoms with van der Waals surface area (Å²) < 4.78 is 10.7. The van der Waals surface area contributed by atoms with Gasteiger partial charge in [0.2, 0.25) is 0 Å². The molecule has 0 amide bonds. The first-order valence-corrected chi connectivity index (χ1v) is 6.18. The zero-order valence-electron chi connectivity index (χ0n) is 10.5. The van der Waals surface area contributed by atoms with Gasteiger partial charge in [-0.1, -0.05) is 0 Å². The highest BCUT2D eigenvalue weighted by atomic mass is 79.9. The van der Waals surface area contributed by atoms with Crippen LogP contribution in [0.5, 0.6) is 5.75 Å². The summed E-state index contributed by atoms with van der Waals surface area (Å²) in [6.07, 6.45) is 0. The molecule has 0 fully saturated rings. The lowest BCUT2D eigenvalue weighted by atomic mass is 10.3. The molecule has 1 rings (SSSR count). The fourth-order valence-electron chi connectivity index (χ4n) is 1.14. The second kappa shape index (κ2) is 7.00. The standard InChI is InChI=1S/C12H15BrN2O3/c1-4-18-12(16)8(2)14-15-11-6-5-9(17-3)7-10(11)13/h5-7,15H,4H2,1-3H3/b14-8+. The Balaban J connectivity index is 2.73. The Morgan fingerprint density at radius 3 is 2.78 bits per heavy atom. The van der Waals surface area contributed by atoms with Gasteiger partial charge in [-0.2, -0.15) is 5.10 Å². The topological polar surface area (TPSA) is 59.9 Å². The van der Waals surface area contributed by atoms with Crippen molar-refractivity contribution in [2.75, 3.05) is 19.1 Å². The predicted molar refractivity (Wildman–Crippen MR) is 74.1 cm³/mol. The Morgan fingerprint density at radius 2 is 2.22 bits per heavy atom. The quantitative estimate of drug-likeness (QED) is 0.516. The van der Waals surface area contributed by atoms with Crippen LogP contribution in [0.4, 0.5) is 5.69 Å². The van der Waals surface area contributed by atoms with Crippen molar-refractivity contribution in [2.45, 2.75) is 13.8 Å². The molecule has 0 aliphatic carbocycles. The van der Waals surface area contributed by atoms with E-state index in [-0.39, 0.29) is 5.71 Å². The average Bonchev–Trinajstić information content (AvgIpc) is 2.37. The lowest BCUT2D eigenvalue weighted by Gasteiger charge is -2.07. The van der Waals surface area contributed by atoms with Crippen LogP contribution in [0.2, 0.25) is 0 Å². The number of hydrogen-bond acceptors (Lipinski definition) is 5. The summed E-state index contributed by atoms with van der Waals surface area (Å²) >= 11 is 3.38. The number of rotatable bonds is 5. The maximum Gasteiger partial charge on any atom is 0.354 e. The Bertz CT molecular complexity index is 461. The summed E-state index contributed by atoms with van der Waals surface area (Å²) in [6, 6.07) is 5.39. The van der Waals surface area contributed by atoms with Crippen LogP contribution >= 0.6 is 15.9 Å². The normalized spacial score (nSPS) is 11.0. The van der Waals surface area contributed by atoms with Gasteiger partial charge in [-0.05, 0) is 48.0 Å². The van der Waals surface area contributed by atoms with E-state index in [4.69, 9.17) is 9.47 Å². The number of nitrogens with one attached hydrogen (secondary N) is 1. The minimum absolute atomic E-state index is 0.263. The number of carbonyl (C=O) groups excluding carboxylic acids is 1. The first-order chi connectivity index (χ1) is 8.58. The third-order valence-electron chi connectivity index (χ3n) is 2.09. The van der Waals surface area contributed by atoms with E-state index in [1.54, 1.807) is 39.2 Å². The SMILES string of the molecule is CCOC(=O)/C(C)=N/Nc1ccc(OC)cc1Br. The third-order valence-corrected chi connectivity index (χ3v) is 2.75. The van der Waals surface area contributed by atoms with Crippen LogP contribution in [-0.2, 0) is 9.53 Å². The average molecular weight is 315 g/mol. The molecule has 0 aromatic heterocycles. The highest BCUT2D eigenvalue weighted by Crippen LogP contribution is 2.26. The van der Waals surface area contributed by atoms with Crippen LogP contribution in [0.25, 0.3) is 0 Å². The summed E-state index contributed by atoms with van der Waals surface area (Å²) in [7, 11) is 1.60. The van der Waals surface area contributed by atoms with Gasteiger partial charge in [0.05, 0.1) is 19.4 Å². The number of nitrogens with zero attached hydrogens (tertiary/aromatic N) is 1. The predicted octanol–water partition coefficient (Wildman–Crippen LogP) is 2.81. The zero-order chi connectivity index (χ0) is 13.5. The maximum atomic E-state index is 11.3. The molecular formula is C12H15BrN2O3. The molecule has 6 heteroatoms. The van der Waals surface area contributed by atoms with Crippen molar-refractivity contribution in [1.29, 1.82) is 0 Å². The maximum absolute atomic E-state index is 11.3. The molecule has 18 heavy (non-hydrogen) atoms. The molecule has 0 bridgehead atoms. The number of methoxy groups -OCH3 is 1. The molecule has 1 aromatic carbocycles. The van der Waals surface area contributed by atoms with Crippen LogP contribution in [0.3, 0.4) is 0 Å². The van der Waals surface area contributed by atoms with E-state index in [9.17, 15) is 4.79 Å². The number of carbonyl (C=O) groups is 1. The van der Waals surface area contributed by atoms with Gasteiger partial charge in [-0.15, -0.1) is 0 Å². The zero-order valence-corrected chi connectivity index (χ0v) is 12.1. The summed E-state index contributed by atoms with van der Waals surface area (Å²) in [5.41, 5.74) is 3.79. The molecule has 98 valence electrons. The molecule has 0 radical (unpaired) electrons. The highest BCUT2D eigenvalue weighted by molar-refractivity contribution is 9.10. The molecule has 0 atom stereocenters. The Labute approximate surface area is 114 Å². The fourth-order valence-corrected chi connectivity index (χ4v) is 1.59. The molecule has 1 N–H and O–H groups in total. The van der Waals surface area contributed by atoms with Crippen LogP contribution in [0.1, 0.15) is 13.8 Å². The van der Waals surface area contributed by atoms with Crippen LogP contribution in [0, 0.1) is 0 Å². The first-order valence-electron chi connectivity index (χ1n) is 5.39. The molecule has 0 saturated carbocycles. The van der Waals surface area contributed by atoms with Crippen molar-refractivity contribution in [3.05, 3.63) is 22.7 Å². The number of hydrogen-bond donors (Lipinski definition) is 1. The second-order valence-electron chi connectivity index (χ2n) is 3.38. The number of halogens is 1. The van der Waals surface area contributed by atoms with Gasteiger partial charge < -0.3 is 9.47 Å². The number of ether oxygens (including phenoxy) is 2. The highest BCUT2D eigenvalue weighted by Gasteiger charge is 2.07. The van der Waals surface area contributed by atoms with Gasteiger partial charge in [0.1, 0.15) is 11.5 Å². The van der Waals surface area contributed by atoms with E-state index >= 15 is 0 Å². The molecule has 5 nitrogen and oxygen atoms in total. The van der Waals surface area contributed by atoms with E-state index < -0.39 is 5.97 Å². The fraction of sp³-hybridized carbons (Fsp3) is 0.333. The minimum atomic E-state index is -0.436. The largest absolute Gasteiger partial charge is 0.497 e. The van der Waals surface area contributed by atoms with Gasteiger partial charge >= 0.3 is 5.97 Å². The van der Waals surface area contributed by atoms with Crippen LogP contribution in [0.15, 0.2) is 27.8 Å². The van der Waals surface area contributed by atoms with E-state index in [1.807, 2.05) is 0 Å². The van der Waals surface area contributed by atoms with Crippen molar-refractivity contribution in [3.8, 4) is 5.75 Å². The van der Waals surface area contributed by atoms with Gasteiger partial charge in [-0.25, -0.2) is 4.79 Å². The lowest BCUT2D eigenvalue weighted by molar-refractivity contribution is -0.135. The number of esters is 1. The summed E-state index contributed by atoms with van der Waals surface area (Å²) in [5.74, 6) is 0.299. The smallest absolute Gasteiger partial charge is 0.354 e. The van der Waals surface area contributed by atoms with Crippen LogP contribution in [-0.4, -0.2) is 25.4 Å². The monoisotopic (exact) mass is 314 g/mol. The van der Waals surface area contributed by atoms with Gasteiger partial charge in [-0.3, -0.25) is 5.43 Å². The lowest BCUT2D eigenvalue weighted by Crippen LogP contribution is -2.15. The van der Waals surface area contributed by atoms with Gasteiger partial charge in [0, 0.05) is 4.47 Å². The van der Waals surface area contributed by atoms with E-state index in [0.717, 1.165) is 15.9 Å². The van der Waals surface area contributed by atoms with Crippen LogP contribution < -0.4 is 10.2 Å². The van der Waals surface area contributed by atoms with E-state index in [0.29, 0.717) is 6.61 Å². The van der Waals surface area contributed by atoms with Gasteiger partial charge in [0.15, 0.2) is 0 Å². The number of anilines is 1. The molecular weight excluding hydrogens is 300 g/mol. The Kier molecular flexibility index (Phi) is 5.64. The summed E-state index contributed by atoms with van der Waals surface area (Å²) in [6.45, 7) is 3.67. The Morgan fingerprint density at radius 1 is 1.50 bits per heavy atom. The molecule has 0 unspecified atom stereocenters. The van der Waals surface area contributed by atoms with Crippen molar-refractivity contribution in [3.63, 3.8) is 0 Å². The van der Waals surface area contributed by atoms with E-state index in [2.05, 4.69) is 26.5 Å². The molecule has 0 heterocycles. The van der Waals surface area contributed by atoms with Crippen molar-refractivity contribution < 1.29 is 14.3 Å². The first kappa shape index (κ1) is 14.5. The molecule has 0 spiro atoms.